The minimum Gasteiger partial charge on any atom is -0.255 e. The minimum atomic E-state index is 1.09. The number of aryl methyl sites for hydroxylation is 1. The maximum atomic E-state index is 4.79. The summed E-state index contributed by atoms with van der Waals surface area (Å²) in [5, 5.41) is 8.83. The molecule has 0 amide bonds. The van der Waals surface area contributed by atoms with E-state index in [1.807, 2.05) is 6.20 Å². The highest BCUT2D eigenvalue weighted by Crippen LogP contribution is 2.34. The molecule has 4 aromatic carbocycles. The third-order valence-electron chi connectivity index (χ3n) is 4.80. The lowest BCUT2D eigenvalue weighted by Gasteiger charge is -2.11. The molecule has 0 radical (unpaired) electrons. The topological polar surface area (TPSA) is 12.9 Å². The van der Waals surface area contributed by atoms with Gasteiger partial charge in [-0.15, -0.1) is 0 Å². The molecule has 1 nitrogen and oxygen atoms in total. The molecule has 23 heavy (non-hydrogen) atoms. The molecule has 0 saturated heterocycles. The zero-order valence-electron chi connectivity index (χ0n) is 12.9. The van der Waals surface area contributed by atoms with Crippen molar-refractivity contribution in [2.24, 2.45) is 0 Å². The Morgan fingerprint density at radius 1 is 0.609 bits per heavy atom. The molecule has 0 saturated carbocycles. The number of pyridine rings is 1. The predicted octanol–water partition coefficient (Wildman–Crippen LogP) is 6.00. The first-order chi connectivity index (χ1) is 11.3. The van der Waals surface area contributed by atoms with Crippen LogP contribution in [0.1, 0.15) is 5.56 Å². The van der Waals surface area contributed by atoms with Crippen LogP contribution in [0.15, 0.2) is 72.9 Å². The van der Waals surface area contributed by atoms with Crippen LogP contribution in [0.25, 0.3) is 43.2 Å². The molecule has 0 unspecified atom stereocenters. The van der Waals surface area contributed by atoms with E-state index in [1.165, 1.54) is 43.3 Å². The zero-order valence-corrected chi connectivity index (χ0v) is 12.9. The monoisotopic (exact) mass is 293 g/mol. The maximum absolute atomic E-state index is 4.79. The number of hydrogen-bond donors (Lipinski definition) is 0. The summed E-state index contributed by atoms with van der Waals surface area (Å²) < 4.78 is 0. The molecule has 0 atom stereocenters. The van der Waals surface area contributed by atoms with Gasteiger partial charge in [-0.25, -0.2) is 0 Å². The molecule has 0 aliphatic heterocycles. The largest absolute Gasteiger partial charge is 0.255 e. The Hall–Kier alpha value is -2.93. The van der Waals surface area contributed by atoms with Crippen LogP contribution in [0, 0.1) is 6.92 Å². The molecule has 0 spiro atoms. The summed E-state index contributed by atoms with van der Waals surface area (Å²) >= 11 is 0. The van der Waals surface area contributed by atoms with Crippen molar-refractivity contribution in [3.05, 3.63) is 78.5 Å². The van der Waals surface area contributed by atoms with E-state index < -0.39 is 0 Å². The second kappa shape index (κ2) is 4.53. The normalized spacial score (nSPS) is 11.7. The molecule has 0 aliphatic carbocycles. The van der Waals surface area contributed by atoms with Crippen molar-refractivity contribution in [1.29, 1.82) is 0 Å². The summed E-state index contributed by atoms with van der Waals surface area (Å²) in [6.07, 6.45) is 1.99. The Balaban J connectivity index is 2.06. The highest BCUT2D eigenvalue weighted by Gasteiger charge is 2.09. The first kappa shape index (κ1) is 12.6. The Kier molecular flexibility index (Phi) is 2.48. The number of benzene rings is 4. The van der Waals surface area contributed by atoms with Gasteiger partial charge in [0, 0.05) is 22.4 Å². The van der Waals surface area contributed by atoms with Gasteiger partial charge in [0.05, 0.1) is 5.52 Å². The summed E-state index contributed by atoms with van der Waals surface area (Å²) in [5.41, 5.74) is 2.39. The van der Waals surface area contributed by atoms with E-state index in [2.05, 4.69) is 73.7 Å². The highest BCUT2D eigenvalue weighted by molar-refractivity contribution is 6.21. The lowest BCUT2D eigenvalue weighted by molar-refractivity contribution is 1.46. The second-order valence-electron chi connectivity index (χ2n) is 6.14. The van der Waals surface area contributed by atoms with Crippen LogP contribution in [-0.4, -0.2) is 4.98 Å². The highest BCUT2D eigenvalue weighted by atomic mass is 14.7. The van der Waals surface area contributed by atoms with Crippen molar-refractivity contribution in [1.82, 2.24) is 4.98 Å². The van der Waals surface area contributed by atoms with E-state index in [9.17, 15) is 0 Å². The molecule has 0 fully saturated rings. The van der Waals surface area contributed by atoms with Gasteiger partial charge < -0.3 is 0 Å². The first-order valence-corrected chi connectivity index (χ1v) is 7.91. The van der Waals surface area contributed by atoms with Gasteiger partial charge in [0.2, 0.25) is 0 Å². The Morgan fingerprint density at radius 3 is 2.13 bits per heavy atom. The third kappa shape index (κ3) is 1.71. The van der Waals surface area contributed by atoms with Crippen LogP contribution in [-0.2, 0) is 0 Å². The van der Waals surface area contributed by atoms with Gasteiger partial charge in [-0.1, -0.05) is 60.7 Å². The molecule has 1 aromatic heterocycles. The fourth-order valence-electron chi connectivity index (χ4n) is 3.69. The van der Waals surface area contributed by atoms with Crippen molar-refractivity contribution in [3.8, 4) is 0 Å². The number of rotatable bonds is 0. The standard InChI is InChI=1S/C22H15N/c1-14-12-21-19(18-9-5-4-7-16(14)18)10-11-20-17-8-3-2-6-15(17)13-23-22(20)21/h2-13H,1H3. The summed E-state index contributed by atoms with van der Waals surface area (Å²) in [6, 6.07) is 23.8. The van der Waals surface area contributed by atoms with Gasteiger partial charge in [0.25, 0.3) is 0 Å². The molecular formula is C22H15N. The molecule has 5 rings (SSSR count). The van der Waals surface area contributed by atoms with Crippen molar-refractivity contribution < 1.29 is 0 Å². The van der Waals surface area contributed by atoms with E-state index in [1.54, 1.807) is 0 Å². The summed E-state index contributed by atoms with van der Waals surface area (Å²) in [6.45, 7) is 2.18. The average Bonchev–Trinajstić information content (AvgIpc) is 2.61. The minimum absolute atomic E-state index is 1.09. The number of nitrogens with zero attached hydrogens (tertiary/aromatic N) is 1. The van der Waals surface area contributed by atoms with E-state index >= 15 is 0 Å². The summed E-state index contributed by atoms with van der Waals surface area (Å²) in [4.78, 5) is 4.79. The molecule has 1 heterocycles. The molecule has 0 aliphatic rings. The predicted molar refractivity (Wildman–Crippen MR) is 99.0 cm³/mol. The van der Waals surface area contributed by atoms with Crippen molar-refractivity contribution >= 4 is 43.2 Å². The van der Waals surface area contributed by atoms with Gasteiger partial charge in [-0.05, 0) is 40.1 Å². The number of fused-ring (bicyclic) bond motifs is 7. The van der Waals surface area contributed by atoms with Crippen LogP contribution >= 0.6 is 0 Å². The van der Waals surface area contributed by atoms with Gasteiger partial charge in [-0.3, -0.25) is 4.98 Å². The summed E-state index contributed by atoms with van der Waals surface area (Å²) in [7, 11) is 0. The van der Waals surface area contributed by atoms with Crippen LogP contribution in [0.2, 0.25) is 0 Å². The number of aromatic nitrogens is 1. The lowest BCUT2D eigenvalue weighted by Crippen LogP contribution is -1.87. The Labute approximate surface area is 134 Å². The van der Waals surface area contributed by atoms with Crippen molar-refractivity contribution in [3.63, 3.8) is 0 Å². The maximum Gasteiger partial charge on any atom is 0.0787 e. The van der Waals surface area contributed by atoms with E-state index in [4.69, 9.17) is 4.98 Å². The van der Waals surface area contributed by atoms with Crippen LogP contribution in [0.3, 0.4) is 0 Å². The zero-order chi connectivity index (χ0) is 15.4. The SMILES string of the molecule is Cc1cc2c(ccc3c4ccccc4cnc32)c2ccccc12. The van der Waals surface area contributed by atoms with E-state index in [-0.39, 0.29) is 0 Å². The lowest BCUT2D eigenvalue weighted by atomic mass is 9.95. The molecule has 0 bridgehead atoms. The fraction of sp³-hybridized carbons (Fsp3) is 0.0455. The average molecular weight is 293 g/mol. The van der Waals surface area contributed by atoms with Gasteiger partial charge in [0.15, 0.2) is 0 Å². The smallest absolute Gasteiger partial charge is 0.0787 e. The van der Waals surface area contributed by atoms with Crippen molar-refractivity contribution in [2.45, 2.75) is 6.92 Å². The fourth-order valence-corrected chi connectivity index (χ4v) is 3.69. The van der Waals surface area contributed by atoms with Gasteiger partial charge >= 0.3 is 0 Å². The van der Waals surface area contributed by atoms with Gasteiger partial charge in [-0.2, -0.15) is 0 Å². The third-order valence-corrected chi connectivity index (χ3v) is 4.80. The van der Waals surface area contributed by atoms with Crippen LogP contribution < -0.4 is 0 Å². The molecule has 1 heteroatoms. The van der Waals surface area contributed by atoms with E-state index in [0.717, 1.165) is 5.52 Å². The summed E-state index contributed by atoms with van der Waals surface area (Å²) in [5.74, 6) is 0. The Bertz CT molecular complexity index is 1220. The van der Waals surface area contributed by atoms with Crippen LogP contribution in [0.4, 0.5) is 0 Å². The number of hydrogen-bond acceptors (Lipinski definition) is 1. The quantitative estimate of drug-likeness (QED) is 0.319. The molecule has 0 N–H and O–H groups in total. The van der Waals surface area contributed by atoms with Crippen molar-refractivity contribution in [2.75, 3.05) is 0 Å². The molecular weight excluding hydrogens is 278 g/mol. The molecule has 108 valence electrons. The molecule has 5 aromatic rings. The second-order valence-corrected chi connectivity index (χ2v) is 6.14. The van der Waals surface area contributed by atoms with E-state index in [0.29, 0.717) is 0 Å². The first-order valence-electron chi connectivity index (χ1n) is 7.91. The Morgan fingerprint density at radius 2 is 1.26 bits per heavy atom. The van der Waals surface area contributed by atoms with Crippen LogP contribution in [0.5, 0.6) is 0 Å². The van der Waals surface area contributed by atoms with Gasteiger partial charge in [0.1, 0.15) is 0 Å².